The smallest absolute Gasteiger partial charge is 0.254 e. The molecule has 0 aliphatic rings. The largest absolute Gasteiger partial charge is 0.490 e. The average molecular weight is 721 g/mol. The first-order chi connectivity index (χ1) is 26.6. The fourth-order valence-corrected chi connectivity index (χ4v) is 5.83. The molecule has 0 N–H and O–H groups in total. The number of benzene rings is 6. The lowest BCUT2D eigenvalue weighted by Gasteiger charge is -2.29. The predicted molar refractivity (Wildman–Crippen MR) is 210 cm³/mol. The normalized spacial score (nSPS) is 10.6. The van der Waals surface area contributed by atoms with Crippen LogP contribution in [0.15, 0.2) is 170 Å². The summed E-state index contributed by atoms with van der Waals surface area (Å²) < 4.78 is 23.4. The van der Waals surface area contributed by atoms with E-state index in [1.807, 2.05) is 146 Å². The Kier molecular flexibility index (Phi) is 13.7. The molecule has 0 aliphatic carbocycles. The molecule has 0 aliphatic heterocycles. The summed E-state index contributed by atoms with van der Waals surface area (Å²) in [6.45, 7) is 2.73. The third-order valence-electron chi connectivity index (χ3n) is 8.54. The minimum absolute atomic E-state index is 0.162. The second-order valence-corrected chi connectivity index (χ2v) is 12.5. The fraction of sp³-hybridized carbons (Fsp3) is 0.174. The molecule has 0 fully saturated rings. The van der Waals surface area contributed by atoms with Gasteiger partial charge in [0.05, 0.1) is 0 Å². The molecular formula is C46H44N2O6. The molecule has 274 valence electrons. The molecule has 0 bridgehead atoms. The van der Waals surface area contributed by atoms with Gasteiger partial charge in [0.25, 0.3) is 11.8 Å². The molecule has 0 spiro atoms. The number of nitrogens with zero attached hydrogens (tertiary/aromatic N) is 2. The molecule has 0 unspecified atom stereocenters. The Hall–Kier alpha value is -6.54. The zero-order valence-electron chi connectivity index (χ0n) is 30.2. The van der Waals surface area contributed by atoms with E-state index >= 15 is 0 Å². The molecule has 0 aromatic heterocycles. The van der Waals surface area contributed by atoms with Gasteiger partial charge in [-0.1, -0.05) is 109 Å². The molecule has 0 saturated heterocycles. The van der Waals surface area contributed by atoms with E-state index in [1.54, 1.807) is 34.1 Å². The lowest BCUT2D eigenvalue weighted by molar-refractivity contribution is 0.0644. The number of amides is 2. The lowest BCUT2D eigenvalue weighted by Crippen LogP contribution is -2.40. The van der Waals surface area contributed by atoms with Crippen LogP contribution in [0.3, 0.4) is 0 Å². The molecule has 6 rings (SSSR count). The van der Waals surface area contributed by atoms with Crippen molar-refractivity contribution in [3.63, 3.8) is 0 Å². The number of rotatable bonds is 19. The Balaban J connectivity index is 1.14. The van der Waals surface area contributed by atoms with E-state index in [9.17, 15) is 9.59 Å². The highest BCUT2D eigenvalue weighted by Gasteiger charge is 2.22. The van der Waals surface area contributed by atoms with Crippen LogP contribution in [-0.2, 0) is 13.1 Å². The summed E-state index contributed by atoms with van der Waals surface area (Å²) in [6, 6.07) is 53.2. The molecule has 0 saturated carbocycles. The van der Waals surface area contributed by atoms with Crippen molar-refractivity contribution < 1.29 is 28.5 Å². The summed E-state index contributed by atoms with van der Waals surface area (Å²) in [5.74, 6) is 2.37. The van der Waals surface area contributed by atoms with Gasteiger partial charge in [0.1, 0.15) is 49.4 Å². The topological polar surface area (TPSA) is 77.5 Å². The van der Waals surface area contributed by atoms with E-state index in [2.05, 4.69) is 0 Å². The van der Waals surface area contributed by atoms with Crippen molar-refractivity contribution in [3.8, 4) is 23.0 Å². The van der Waals surface area contributed by atoms with Gasteiger partial charge in [-0.05, 0) is 71.8 Å². The van der Waals surface area contributed by atoms with Gasteiger partial charge in [0, 0.05) is 37.3 Å². The standard InChI is InChI=1S/C46H44N2O6/c49-45(39-19-13-25-43(33-39)53-31-29-51-41-21-9-3-10-22-41)47(35-37-15-5-1-6-16-37)27-28-48(36-38-17-7-2-8-18-38)46(50)40-20-14-26-44(34-40)54-32-30-52-42-23-11-4-12-24-42/h1-26,33-34H,27-32,35-36H2. The molecular weight excluding hydrogens is 677 g/mol. The van der Waals surface area contributed by atoms with E-state index < -0.39 is 0 Å². The highest BCUT2D eigenvalue weighted by atomic mass is 16.5. The van der Waals surface area contributed by atoms with Crippen LogP contribution in [0.4, 0.5) is 0 Å². The van der Waals surface area contributed by atoms with Gasteiger partial charge in [0.2, 0.25) is 0 Å². The molecule has 6 aromatic carbocycles. The minimum Gasteiger partial charge on any atom is -0.490 e. The van der Waals surface area contributed by atoms with Crippen molar-refractivity contribution in [2.45, 2.75) is 13.1 Å². The van der Waals surface area contributed by atoms with Crippen molar-refractivity contribution in [1.82, 2.24) is 9.80 Å². The highest BCUT2D eigenvalue weighted by Crippen LogP contribution is 2.20. The minimum atomic E-state index is -0.162. The van der Waals surface area contributed by atoms with Crippen molar-refractivity contribution in [3.05, 3.63) is 192 Å². The van der Waals surface area contributed by atoms with Crippen LogP contribution in [0, 0.1) is 0 Å². The maximum absolute atomic E-state index is 14.2. The van der Waals surface area contributed by atoms with Crippen LogP contribution in [0.5, 0.6) is 23.0 Å². The number of hydrogen-bond donors (Lipinski definition) is 0. The Bertz CT molecular complexity index is 1880. The summed E-state index contributed by atoms with van der Waals surface area (Å²) in [5, 5.41) is 0. The quantitative estimate of drug-likeness (QED) is 0.0781. The molecule has 8 heteroatoms. The van der Waals surface area contributed by atoms with Crippen molar-refractivity contribution in [1.29, 1.82) is 0 Å². The van der Waals surface area contributed by atoms with E-state index in [0.29, 0.717) is 75.2 Å². The summed E-state index contributed by atoms with van der Waals surface area (Å²) in [7, 11) is 0. The summed E-state index contributed by atoms with van der Waals surface area (Å²) in [6.07, 6.45) is 0. The van der Waals surface area contributed by atoms with E-state index in [1.165, 1.54) is 0 Å². The Morgan fingerprint density at radius 3 is 1.06 bits per heavy atom. The number of hydrogen-bond acceptors (Lipinski definition) is 6. The molecule has 0 radical (unpaired) electrons. The lowest BCUT2D eigenvalue weighted by atomic mass is 10.1. The molecule has 2 amide bonds. The van der Waals surface area contributed by atoms with Gasteiger partial charge in [-0.25, -0.2) is 0 Å². The molecule has 6 aromatic rings. The first kappa shape index (κ1) is 37.2. The number of ether oxygens (including phenoxy) is 4. The van der Waals surface area contributed by atoms with Crippen molar-refractivity contribution >= 4 is 11.8 Å². The van der Waals surface area contributed by atoms with Gasteiger partial charge in [0.15, 0.2) is 0 Å². The van der Waals surface area contributed by atoms with Crippen LogP contribution in [0.25, 0.3) is 0 Å². The first-order valence-electron chi connectivity index (χ1n) is 18.1. The van der Waals surface area contributed by atoms with Gasteiger partial charge >= 0.3 is 0 Å². The zero-order chi connectivity index (χ0) is 37.2. The van der Waals surface area contributed by atoms with Crippen molar-refractivity contribution in [2.75, 3.05) is 39.5 Å². The Morgan fingerprint density at radius 1 is 0.370 bits per heavy atom. The maximum atomic E-state index is 14.2. The van der Waals surface area contributed by atoms with Crippen LogP contribution >= 0.6 is 0 Å². The number of carbonyl (C=O) groups is 2. The monoisotopic (exact) mass is 720 g/mol. The summed E-state index contributed by atoms with van der Waals surface area (Å²) >= 11 is 0. The third kappa shape index (κ3) is 11.5. The predicted octanol–water partition coefficient (Wildman–Crippen LogP) is 8.59. The number of para-hydroxylation sites is 2. The average Bonchev–Trinajstić information content (AvgIpc) is 3.23. The maximum Gasteiger partial charge on any atom is 0.254 e. The second-order valence-electron chi connectivity index (χ2n) is 12.5. The fourth-order valence-electron chi connectivity index (χ4n) is 5.83. The van der Waals surface area contributed by atoms with Crippen LogP contribution in [0.1, 0.15) is 31.8 Å². The van der Waals surface area contributed by atoms with Gasteiger partial charge in [-0.2, -0.15) is 0 Å². The molecule has 0 heterocycles. The van der Waals surface area contributed by atoms with E-state index in [4.69, 9.17) is 18.9 Å². The van der Waals surface area contributed by atoms with E-state index in [-0.39, 0.29) is 11.8 Å². The number of carbonyl (C=O) groups excluding carboxylic acids is 2. The van der Waals surface area contributed by atoms with Gasteiger partial charge < -0.3 is 28.7 Å². The van der Waals surface area contributed by atoms with Gasteiger partial charge in [-0.15, -0.1) is 0 Å². The molecule has 0 atom stereocenters. The van der Waals surface area contributed by atoms with Gasteiger partial charge in [-0.3, -0.25) is 9.59 Å². The van der Waals surface area contributed by atoms with Crippen molar-refractivity contribution in [2.24, 2.45) is 0 Å². The highest BCUT2D eigenvalue weighted by molar-refractivity contribution is 5.95. The summed E-state index contributed by atoms with van der Waals surface area (Å²) in [5.41, 5.74) is 2.96. The molecule has 8 nitrogen and oxygen atoms in total. The zero-order valence-corrected chi connectivity index (χ0v) is 30.2. The summed E-state index contributed by atoms with van der Waals surface area (Å²) in [4.78, 5) is 32.0. The van der Waals surface area contributed by atoms with E-state index in [0.717, 1.165) is 22.6 Å². The van der Waals surface area contributed by atoms with Crippen LogP contribution in [-0.4, -0.2) is 61.1 Å². The Labute approximate surface area is 317 Å². The molecule has 54 heavy (non-hydrogen) atoms. The SMILES string of the molecule is O=C(c1cccc(OCCOc2ccccc2)c1)N(CCN(Cc1ccccc1)C(=O)c1cccc(OCCOc2ccccc2)c1)Cc1ccccc1. The second kappa shape index (κ2) is 19.9. The van der Waals surface area contributed by atoms with Crippen LogP contribution in [0.2, 0.25) is 0 Å². The third-order valence-corrected chi connectivity index (χ3v) is 8.54. The van der Waals surface area contributed by atoms with Crippen LogP contribution < -0.4 is 18.9 Å². The first-order valence-corrected chi connectivity index (χ1v) is 18.1. The Morgan fingerprint density at radius 2 is 0.685 bits per heavy atom.